The highest BCUT2D eigenvalue weighted by atomic mass is 19.1. The average molecular weight is 284 g/mol. The number of benzene rings is 1. The van der Waals surface area contributed by atoms with Crippen molar-refractivity contribution in [3.63, 3.8) is 0 Å². The van der Waals surface area contributed by atoms with Crippen molar-refractivity contribution in [1.29, 1.82) is 0 Å². The van der Waals surface area contributed by atoms with Gasteiger partial charge in [-0.2, -0.15) is 0 Å². The number of halogens is 1. The smallest absolute Gasteiger partial charge is 0.126 e. The molecule has 110 valence electrons. The standard InChI is InChI=1S/C18H21FN2/c1-2-20-17(12-14-6-3-4-8-16(14)19)15-10-9-13-7-5-11-21-18(13)15/h3-8,11,15,17,20H,2,9-10,12H2,1H3. The van der Waals surface area contributed by atoms with E-state index in [0.717, 1.165) is 24.9 Å². The predicted molar refractivity (Wildman–Crippen MR) is 82.9 cm³/mol. The lowest BCUT2D eigenvalue weighted by Gasteiger charge is -2.25. The summed E-state index contributed by atoms with van der Waals surface area (Å²) in [6.45, 7) is 2.99. The Morgan fingerprint density at radius 3 is 2.95 bits per heavy atom. The Morgan fingerprint density at radius 2 is 2.14 bits per heavy atom. The van der Waals surface area contributed by atoms with Crippen LogP contribution in [0.4, 0.5) is 4.39 Å². The van der Waals surface area contributed by atoms with Gasteiger partial charge < -0.3 is 5.32 Å². The quantitative estimate of drug-likeness (QED) is 0.909. The number of rotatable bonds is 5. The zero-order valence-electron chi connectivity index (χ0n) is 12.3. The van der Waals surface area contributed by atoms with Gasteiger partial charge >= 0.3 is 0 Å². The summed E-state index contributed by atoms with van der Waals surface area (Å²) < 4.78 is 13.9. The number of fused-ring (bicyclic) bond motifs is 1. The van der Waals surface area contributed by atoms with Crippen molar-refractivity contribution in [1.82, 2.24) is 10.3 Å². The fourth-order valence-electron chi connectivity index (χ4n) is 3.36. The molecule has 0 amide bonds. The van der Waals surface area contributed by atoms with Crippen LogP contribution in [0.3, 0.4) is 0 Å². The number of nitrogens with zero attached hydrogens (tertiary/aromatic N) is 1. The number of hydrogen-bond donors (Lipinski definition) is 1. The Morgan fingerprint density at radius 1 is 1.29 bits per heavy atom. The van der Waals surface area contributed by atoms with E-state index < -0.39 is 0 Å². The molecule has 0 fully saturated rings. The minimum Gasteiger partial charge on any atom is -0.313 e. The maximum atomic E-state index is 13.9. The molecule has 1 aliphatic rings. The van der Waals surface area contributed by atoms with E-state index in [0.29, 0.717) is 12.3 Å². The van der Waals surface area contributed by atoms with Gasteiger partial charge in [-0.1, -0.05) is 31.2 Å². The Balaban J connectivity index is 1.84. The number of hydrogen-bond acceptors (Lipinski definition) is 2. The fourth-order valence-corrected chi connectivity index (χ4v) is 3.36. The molecule has 2 atom stereocenters. The highest BCUT2D eigenvalue weighted by Crippen LogP contribution is 2.35. The molecule has 0 saturated carbocycles. The molecule has 1 aliphatic carbocycles. The van der Waals surface area contributed by atoms with Gasteiger partial charge in [0.15, 0.2) is 0 Å². The second-order valence-electron chi connectivity index (χ2n) is 5.65. The molecule has 0 radical (unpaired) electrons. The lowest BCUT2D eigenvalue weighted by molar-refractivity contribution is 0.423. The van der Waals surface area contributed by atoms with Gasteiger partial charge in [-0.25, -0.2) is 4.39 Å². The summed E-state index contributed by atoms with van der Waals surface area (Å²) in [6, 6.07) is 11.5. The van der Waals surface area contributed by atoms with Crippen molar-refractivity contribution in [2.75, 3.05) is 6.54 Å². The highest BCUT2D eigenvalue weighted by Gasteiger charge is 2.30. The Hall–Kier alpha value is -1.74. The Bertz CT molecular complexity index is 612. The summed E-state index contributed by atoms with van der Waals surface area (Å²) in [5.74, 6) is 0.264. The first kappa shape index (κ1) is 14.2. The van der Waals surface area contributed by atoms with Crippen LogP contribution in [-0.2, 0) is 12.8 Å². The van der Waals surface area contributed by atoms with Gasteiger partial charge in [-0.15, -0.1) is 0 Å². The first-order valence-electron chi connectivity index (χ1n) is 7.70. The van der Waals surface area contributed by atoms with Crippen LogP contribution < -0.4 is 5.32 Å². The maximum Gasteiger partial charge on any atom is 0.126 e. The molecule has 3 rings (SSSR count). The highest BCUT2D eigenvalue weighted by molar-refractivity contribution is 5.31. The van der Waals surface area contributed by atoms with Gasteiger partial charge in [0, 0.05) is 23.9 Å². The molecule has 0 saturated heterocycles. The first-order chi connectivity index (χ1) is 10.3. The van der Waals surface area contributed by atoms with Crippen molar-refractivity contribution >= 4 is 0 Å². The number of aromatic nitrogens is 1. The molecule has 21 heavy (non-hydrogen) atoms. The largest absolute Gasteiger partial charge is 0.313 e. The first-order valence-corrected chi connectivity index (χ1v) is 7.70. The van der Waals surface area contributed by atoms with Crippen LogP contribution in [0.2, 0.25) is 0 Å². The van der Waals surface area contributed by atoms with E-state index in [4.69, 9.17) is 0 Å². The van der Waals surface area contributed by atoms with E-state index in [-0.39, 0.29) is 11.9 Å². The molecule has 0 bridgehead atoms. The van der Waals surface area contributed by atoms with Crippen LogP contribution >= 0.6 is 0 Å². The molecule has 1 aromatic heterocycles. The topological polar surface area (TPSA) is 24.9 Å². The van der Waals surface area contributed by atoms with Crippen LogP contribution in [0.1, 0.15) is 36.1 Å². The number of likely N-dealkylation sites (N-methyl/N-ethyl adjacent to an activating group) is 1. The molecule has 1 N–H and O–H groups in total. The van der Waals surface area contributed by atoms with Crippen molar-refractivity contribution in [2.24, 2.45) is 0 Å². The zero-order valence-corrected chi connectivity index (χ0v) is 12.3. The van der Waals surface area contributed by atoms with E-state index in [2.05, 4.69) is 23.3 Å². The van der Waals surface area contributed by atoms with Gasteiger partial charge in [0.2, 0.25) is 0 Å². The molecular weight excluding hydrogens is 263 g/mol. The minimum atomic E-state index is -0.111. The van der Waals surface area contributed by atoms with Gasteiger partial charge in [0.1, 0.15) is 5.82 Å². The van der Waals surface area contributed by atoms with Crippen LogP contribution in [0.25, 0.3) is 0 Å². The average Bonchev–Trinajstić information content (AvgIpc) is 2.93. The van der Waals surface area contributed by atoms with Crippen molar-refractivity contribution in [2.45, 2.75) is 38.1 Å². The Kier molecular flexibility index (Phi) is 4.30. The molecule has 1 heterocycles. The third-order valence-corrected chi connectivity index (χ3v) is 4.35. The Labute approximate surface area is 125 Å². The molecule has 2 nitrogen and oxygen atoms in total. The second-order valence-corrected chi connectivity index (χ2v) is 5.65. The molecule has 1 aromatic carbocycles. The molecule has 2 unspecified atom stereocenters. The summed E-state index contributed by atoms with van der Waals surface area (Å²) in [4.78, 5) is 4.57. The minimum absolute atomic E-state index is 0.111. The molecule has 0 aliphatic heterocycles. The van der Waals surface area contributed by atoms with Crippen molar-refractivity contribution in [3.8, 4) is 0 Å². The SMILES string of the molecule is CCNC(Cc1ccccc1F)C1CCc2cccnc21. The molecular formula is C18H21FN2. The van der Waals surface area contributed by atoms with E-state index in [9.17, 15) is 4.39 Å². The summed E-state index contributed by atoms with van der Waals surface area (Å²) in [7, 11) is 0. The molecule has 2 aromatic rings. The third-order valence-electron chi connectivity index (χ3n) is 4.35. The van der Waals surface area contributed by atoms with Gasteiger partial charge in [0.05, 0.1) is 0 Å². The van der Waals surface area contributed by atoms with E-state index in [1.807, 2.05) is 24.4 Å². The number of nitrogens with one attached hydrogen (secondary N) is 1. The second kappa shape index (κ2) is 6.35. The van der Waals surface area contributed by atoms with Gasteiger partial charge in [0.25, 0.3) is 0 Å². The van der Waals surface area contributed by atoms with Crippen LogP contribution in [0, 0.1) is 5.82 Å². The van der Waals surface area contributed by atoms with Gasteiger partial charge in [-0.05, 0) is 49.1 Å². The third kappa shape index (κ3) is 2.98. The monoisotopic (exact) mass is 284 g/mol. The summed E-state index contributed by atoms with van der Waals surface area (Å²) in [6.07, 6.45) is 4.75. The lowest BCUT2D eigenvalue weighted by Crippen LogP contribution is -2.36. The zero-order chi connectivity index (χ0) is 14.7. The van der Waals surface area contributed by atoms with Crippen LogP contribution in [0.15, 0.2) is 42.6 Å². The maximum absolute atomic E-state index is 13.9. The van der Waals surface area contributed by atoms with Crippen molar-refractivity contribution < 1.29 is 4.39 Å². The summed E-state index contributed by atoms with van der Waals surface area (Å²) in [5, 5.41) is 3.53. The lowest BCUT2D eigenvalue weighted by atomic mass is 9.91. The summed E-state index contributed by atoms with van der Waals surface area (Å²) in [5.41, 5.74) is 3.33. The van der Waals surface area contributed by atoms with Crippen LogP contribution in [0.5, 0.6) is 0 Å². The summed E-state index contributed by atoms with van der Waals surface area (Å²) >= 11 is 0. The van der Waals surface area contributed by atoms with E-state index in [1.54, 1.807) is 12.1 Å². The fraction of sp³-hybridized carbons (Fsp3) is 0.389. The molecule has 0 spiro atoms. The van der Waals surface area contributed by atoms with Gasteiger partial charge in [-0.3, -0.25) is 4.98 Å². The molecule has 3 heteroatoms. The predicted octanol–water partition coefficient (Wildman–Crippen LogP) is 3.47. The number of pyridine rings is 1. The number of aryl methyl sites for hydroxylation is 1. The van der Waals surface area contributed by atoms with Crippen LogP contribution in [-0.4, -0.2) is 17.6 Å². The van der Waals surface area contributed by atoms with E-state index in [1.165, 1.54) is 11.3 Å². The van der Waals surface area contributed by atoms with E-state index >= 15 is 0 Å². The normalized spacial score (nSPS) is 18.5. The van der Waals surface area contributed by atoms with Crippen molar-refractivity contribution in [3.05, 3.63) is 65.2 Å².